The van der Waals surface area contributed by atoms with Gasteiger partial charge in [0.2, 0.25) is 0 Å². The molecule has 0 rings (SSSR count). The molecule has 0 saturated heterocycles. The van der Waals surface area contributed by atoms with Crippen molar-refractivity contribution in [2.75, 3.05) is 0 Å². The highest BCUT2D eigenvalue weighted by Crippen LogP contribution is 2.19. The Labute approximate surface area is 209 Å². The lowest BCUT2D eigenvalue weighted by Gasteiger charge is -2.18. The van der Waals surface area contributed by atoms with Gasteiger partial charge in [-0.05, 0) is 32.1 Å². The second-order valence-electron chi connectivity index (χ2n) is 10.5. The lowest BCUT2D eigenvalue weighted by Crippen LogP contribution is -2.18. The molecule has 198 valence electrons. The van der Waals surface area contributed by atoms with Gasteiger partial charge in [-0.3, -0.25) is 4.79 Å². The Morgan fingerprint density at radius 2 is 0.758 bits per heavy atom. The number of carbonyl (C=O) groups excluding carboxylic acids is 1. The van der Waals surface area contributed by atoms with Crippen LogP contribution in [-0.2, 0) is 9.53 Å². The van der Waals surface area contributed by atoms with Crippen LogP contribution in [0.5, 0.6) is 0 Å². The maximum atomic E-state index is 12.4. The molecule has 0 aromatic rings. The van der Waals surface area contributed by atoms with Crippen molar-refractivity contribution in [2.45, 2.75) is 194 Å². The summed E-state index contributed by atoms with van der Waals surface area (Å²) >= 11 is 0. The molecule has 2 heteroatoms. The smallest absolute Gasteiger partial charge is 0.306 e. The monoisotopic (exact) mass is 466 g/mol. The Balaban J connectivity index is 3.99. The van der Waals surface area contributed by atoms with E-state index in [1.54, 1.807) is 0 Å². The molecule has 0 aliphatic heterocycles. The Kier molecular flexibility index (Phi) is 27.3. The van der Waals surface area contributed by atoms with E-state index < -0.39 is 0 Å². The third-order valence-corrected chi connectivity index (χ3v) is 7.04. The predicted octanol–water partition coefficient (Wildman–Crippen LogP) is 11.1. The summed E-state index contributed by atoms with van der Waals surface area (Å²) in [5, 5.41) is 0. The van der Waals surface area contributed by atoms with E-state index >= 15 is 0 Å². The van der Waals surface area contributed by atoms with Gasteiger partial charge in [-0.2, -0.15) is 0 Å². The van der Waals surface area contributed by atoms with Crippen LogP contribution in [0.15, 0.2) is 0 Å². The van der Waals surface area contributed by atoms with E-state index in [0.29, 0.717) is 6.42 Å². The molecular formula is C31H62O2. The summed E-state index contributed by atoms with van der Waals surface area (Å²) in [6.07, 6.45) is 33.3. The van der Waals surface area contributed by atoms with Gasteiger partial charge in [-0.1, -0.05) is 149 Å². The van der Waals surface area contributed by atoms with E-state index in [0.717, 1.165) is 19.3 Å². The molecular weight excluding hydrogens is 404 g/mol. The number of ether oxygens (including phenoxy) is 1. The summed E-state index contributed by atoms with van der Waals surface area (Å²) in [4.78, 5) is 12.4. The van der Waals surface area contributed by atoms with Crippen LogP contribution in [0.4, 0.5) is 0 Å². The quantitative estimate of drug-likeness (QED) is 0.0888. The Morgan fingerprint density at radius 3 is 1.12 bits per heavy atom. The maximum Gasteiger partial charge on any atom is 0.306 e. The average molecular weight is 467 g/mol. The molecule has 0 radical (unpaired) electrons. The minimum atomic E-state index is 0.0585. The van der Waals surface area contributed by atoms with Crippen LogP contribution in [0.2, 0.25) is 0 Å². The van der Waals surface area contributed by atoms with Gasteiger partial charge in [0.25, 0.3) is 0 Å². The van der Waals surface area contributed by atoms with Crippen LogP contribution in [0.3, 0.4) is 0 Å². The van der Waals surface area contributed by atoms with Gasteiger partial charge in [-0.15, -0.1) is 0 Å². The first-order chi connectivity index (χ1) is 16.2. The Morgan fingerprint density at radius 1 is 0.455 bits per heavy atom. The number of rotatable bonds is 27. The molecule has 0 bridgehead atoms. The van der Waals surface area contributed by atoms with Crippen molar-refractivity contribution >= 4 is 5.97 Å². The van der Waals surface area contributed by atoms with E-state index in [-0.39, 0.29) is 12.1 Å². The fourth-order valence-electron chi connectivity index (χ4n) is 4.75. The van der Waals surface area contributed by atoms with Crippen molar-refractivity contribution in [3.8, 4) is 0 Å². The highest BCUT2D eigenvalue weighted by molar-refractivity contribution is 5.69. The second kappa shape index (κ2) is 27.7. The first-order valence-corrected chi connectivity index (χ1v) is 15.4. The molecule has 0 heterocycles. The summed E-state index contributed by atoms with van der Waals surface area (Å²) in [6, 6.07) is 0. The van der Waals surface area contributed by atoms with E-state index in [2.05, 4.69) is 20.8 Å². The van der Waals surface area contributed by atoms with Gasteiger partial charge in [0.15, 0.2) is 0 Å². The van der Waals surface area contributed by atoms with Crippen molar-refractivity contribution in [3.05, 3.63) is 0 Å². The van der Waals surface area contributed by atoms with Gasteiger partial charge < -0.3 is 4.74 Å². The molecule has 33 heavy (non-hydrogen) atoms. The predicted molar refractivity (Wildman–Crippen MR) is 147 cm³/mol. The van der Waals surface area contributed by atoms with E-state index in [4.69, 9.17) is 4.74 Å². The molecule has 0 N–H and O–H groups in total. The summed E-state index contributed by atoms with van der Waals surface area (Å²) in [5.74, 6) is 0.0585. The van der Waals surface area contributed by atoms with Gasteiger partial charge in [-0.25, -0.2) is 0 Å². The Bertz CT molecular complexity index is 379. The molecule has 0 aromatic heterocycles. The normalized spacial score (nSPS) is 12.2. The SMILES string of the molecule is CCCCCCCCCCCCC(CCCCCCCCCC)OC(=O)CCCCCCC. The molecule has 0 aromatic carbocycles. The molecule has 1 unspecified atom stereocenters. The van der Waals surface area contributed by atoms with Crippen LogP contribution in [0, 0.1) is 0 Å². The van der Waals surface area contributed by atoms with Gasteiger partial charge in [0.05, 0.1) is 0 Å². The molecule has 2 nitrogen and oxygen atoms in total. The summed E-state index contributed by atoms with van der Waals surface area (Å²) < 4.78 is 5.96. The zero-order valence-electron chi connectivity index (χ0n) is 23.3. The molecule has 0 aliphatic rings. The first kappa shape index (κ1) is 32.5. The standard InChI is InChI=1S/C31H62O2/c1-4-7-10-13-15-17-18-20-23-25-28-30(27-24-22-19-16-14-11-8-5-2)33-31(32)29-26-21-12-9-6-3/h30H,4-29H2,1-3H3. The average Bonchev–Trinajstić information content (AvgIpc) is 2.81. The van der Waals surface area contributed by atoms with Crippen LogP contribution in [-0.4, -0.2) is 12.1 Å². The van der Waals surface area contributed by atoms with Gasteiger partial charge >= 0.3 is 5.97 Å². The number of hydrogen-bond acceptors (Lipinski definition) is 2. The zero-order valence-corrected chi connectivity index (χ0v) is 23.3. The van der Waals surface area contributed by atoms with E-state index in [9.17, 15) is 4.79 Å². The topological polar surface area (TPSA) is 26.3 Å². The lowest BCUT2D eigenvalue weighted by atomic mass is 10.0. The number of hydrogen-bond donors (Lipinski definition) is 0. The van der Waals surface area contributed by atoms with Crippen LogP contribution < -0.4 is 0 Å². The van der Waals surface area contributed by atoms with Crippen molar-refractivity contribution < 1.29 is 9.53 Å². The van der Waals surface area contributed by atoms with Crippen LogP contribution >= 0.6 is 0 Å². The fourth-order valence-corrected chi connectivity index (χ4v) is 4.75. The summed E-state index contributed by atoms with van der Waals surface area (Å²) in [7, 11) is 0. The van der Waals surface area contributed by atoms with Gasteiger partial charge in [0, 0.05) is 6.42 Å². The highest BCUT2D eigenvalue weighted by Gasteiger charge is 2.14. The first-order valence-electron chi connectivity index (χ1n) is 15.4. The second-order valence-corrected chi connectivity index (χ2v) is 10.5. The molecule has 0 spiro atoms. The maximum absolute atomic E-state index is 12.4. The van der Waals surface area contributed by atoms with Gasteiger partial charge in [0.1, 0.15) is 6.10 Å². The number of unbranched alkanes of at least 4 members (excludes halogenated alkanes) is 20. The molecule has 0 fully saturated rings. The molecule has 1 atom stereocenters. The van der Waals surface area contributed by atoms with Crippen molar-refractivity contribution in [1.82, 2.24) is 0 Å². The molecule has 0 amide bonds. The van der Waals surface area contributed by atoms with E-state index in [1.807, 2.05) is 0 Å². The van der Waals surface area contributed by atoms with Crippen molar-refractivity contribution in [3.63, 3.8) is 0 Å². The minimum absolute atomic E-state index is 0.0585. The van der Waals surface area contributed by atoms with E-state index in [1.165, 1.54) is 141 Å². The number of carbonyl (C=O) groups is 1. The van der Waals surface area contributed by atoms with Crippen LogP contribution in [0.1, 0.15) is 188 Å². The summed E-state index contributed by atoms with van der Waals surface area (Å²) in [6.45, 7) is 6.80. The number of esters is 1. The minimum Gasteiger partial charge on any atom is -0.462 e. The molecule has 0 saturated carbocycles. The molecule has 0 aliphatic carbocycles. The third-order valence-electron chi connectivity index (χ3n) is 7.04. The lowest BCUT2D eigenvalue weighted by molar-refractivity contribution is -0.150. The fraction of sp³-hybridized carbons (Fsp3) is 0.968. The zero-order chi connectivity index (χ0) is 24.2. The Hall–Kier alpha value is -0.530. The highest BCUT2D eigenvalue weighted by atomic mass is 16.5. The summed E-state index contributed by atoms with van der Waals surface area (Å²) in [5.41, 5.74) is 0. The van der Waals surface area contributed by atoms with Crippen molar-refractivity contribution in [1.29, 1.82) is 0 Å². The van der Waals surface area contributed by atoms with Crippen molar-refractivity contribution in [2.24, 2.45) is 0 Å². The largest absolute Gasteiger partial charge is 0.462 e. The van der Waals surface area contributed by atoms with Crippen LogP contribution in [0.25, 0.3) is 0 Å². The third kappa shape index (κ3) is 25.9.